The Balaban J connectivity index is 1.75. The molecule has 3 rings (SSSR count). The third-order valence-electron chi connectivity index (χ3n) is 5.48. The van der Waals surface area contributed by atoms with Crippen molar-refractivity contribution in [2.24, 2.45) is 0 Å². The molecule has 0 aliphatic carbocycles. The van der Waals surface area contributed by atoms with Crippen molar-refractivity contribution in [1.29, 1.82) is 0 Å². The second kappa shape index (κ2) is 9.67. The maximum atomic E-state index is 13.1. The van der Waals surface area contributed by atoms with Crippen LogP contribution in [-0.4, -0.2) is 49.6 Å². The molecule has 0 aromatic heterocycles. The van der Waals surface area contributed by atoms with Crippen molar-refractivity contribution in [3.05, 3.63) is 64.7 Å². The van der Waals surface area contributed by atoms with E-state index in [-0.39, 0.29) is 17.9 Å². The maximum Gasteiger partial charge on any atom is 0.251 e. The Morgan fingerprint density at radius 1 is 1.14 bits per heavy atom. The molecular formula is C23H29N3O3. The Labute approximate surface area is 172 Å². The summed E-state index contributed by atoms with van der Waals surface area (Å²) in [5.74, 6) is -0.209. The van der Waals surface area contributed by atoms with Crippen LogP contribution < -0.4 is 10.6 Å². The van der Waals surface area contributed by atoms with E-state index >= 15 is 0 Å². The third kappa shape index (κ3) is 4.83. The van der Waals surface area contributed by atoms with Crippen LogP contribution in [0.5, 0.6) is 0 Å². The molecule has 1 aliphatic rings. The molecule has 2 aromatic carbocycles. The van der Waals surface area contributed by atoms with E-state index in [1.54, 1.807) is 19.2 Å². The lowest BCUT2D eigenvalue weighted by molar-refractivity contribution is -0.121. The molecule has 0 fully saturated rings. The van der Waals surface area contributed by atoms with Gasteiger partial charge in [0.2, 0.25) is 5.91 Å². The van der Waals surface area contributed by atoms with Gasteiger partial charge in [-0.25, -0.2) is 0 Å². The fraction of sp³-hybridized carbons (Fsp3) is 0.391. The fourth-order valence-corrected chi connectivity index (χ4v) is 3.76. The number of nitrogens with one attached hydrogen (secondary N) is 2. The van der Waals surface area contributed by atoms with E-state index in [0.717, 1.165) is 18.7 Å². The van der Waals surface area contributed by atoms with Gasteiger partial charge in [-0.05, 0) is 48.7 Å². The normalized spacial score (nSPS) is 16.2. The van der Waals surface area contributed by atoms with Gasteiger partial charge < -0.3 is 15.4 Å². The Morgan fingerprint density at radius 2 is 1.90 bits per heavy atom. The topological polar surface area (TPSA) is 70.7 Å². The number of hydrogen-bond acceptors (Lipinski definition) is 4. The van der Waals surface area contributed by atoms with Crippen LogP contribution in [-0.2, 0) is 22.5 Å². The molecule has 0 bridgehead atoms. The minimum Gasteiger partial charge on any atom is -0.383 e. The van der Waals surface area contributed by atoms with Crippen LogP contribution in [0.2, 0.25) is 0 Å². The molecule has 2 N–H and O–H groups in total. The van der Waals surface area contributed by atoms with Gasteiger partial charge in [0.1, 0.15) is 0 Å². The van der Waals surface area contributed by atoms with Gasteiger partial charge in [-0.2, -0.15) is 0 Å². The summed E-state index contributed by atoms with van der Waals surface area (Å²) in [6, 6.07) is 13.5. The van der Waals surface area contributed by atoms with Gasteiger partial charge in [-0.1, -0.05) is 37.3 Å². The molecular weight excluding hydrogens is 366 g/mol. The molecule has 1 atom stereocenters. The number of carbonyl (C=O) groups excluding carboxylic acids is 2. The Morgan fingerprint density at radius 3 is 2.62 bits per heavy atom. The number of amides is 2. The van der Waals surface area contributed by atoms with Crippen LogP contribution in [0.4, 0.5) is 5.69 Å². The highest BCUT2D eigenvalue weighted by Gasteiger charge is 2.30. The molecule has 0 saturated heterocycles. The van der Waals surface area contributed by atoms with Crippen molar-refractivity contribution in [2.45, 2.75) is 32.9 Å². The third-order valence-corrected chi connectivity index (χ3v) is 5.48. The number of fused-ring (bicyclic) bond motifs is 1. The standard InChI is InChI=1S/C23H29N3O3/c1-4-26-15-18-9-6-5-8-17(18)14-21(26)23(28)25-20-11-7-10-19(16(20)2)22(27)24-12-13-29-3/h5-11,21H,4,12-15H2,1-3H3,(H,24,27)(H,25,28). The minimum atomic E-state index is -0.228. The van der Waals surface area contributed by atoms with Gasteiger partial charge in [0.05, 0.1) is 12.6 Å². The second-order valence-corrected chi connectivity index (χ2v) is 7.27. The predicted molar refractivity (Wildman–Crippen MR) is 114 cm³/mol. The number of benzene rings is 2. The smallest absolute Gasteiger partial charge is 0.251 e. The molecule has 2 amide bonds. The minimum absolute atomic E-state index is 0.0404. The average Bonchev–Trinajstić information content (AvgIpc) is 2.74. The van der Waals surface area contributed by atoms with Crippen molar-refractivity contribution in [1.82, 2.24) is 10.2 Å². The highest BCUT2D eigenvalue weighted by molar-refractivity contribution is 6.00. The first-order valence-electron chi connectivity index (χ1n) is 10.0. The number of likely N-dealkylation sites (N-methyl/N-ethyl adjacent to an activating group) is 1. The molecule has 0 radical (unpaired) electrons. The first-order chi connectivity index (χ1) is 14.0. The SMILES string of the molecule is CCN1Cc2ccccc2CC1C(=O)Nc1cccc(C(=O)NCCOC)c1C. The number of ether oxygens (including phenoxy) is 1. The quantitative estimate of drug-likeness (QED) is 0.708. The number of carbonyl (C=O) groups is 2. The van der Waals surface area contributed by atoms with Crippen LogP contribution in [0.1, 0.15) is 34.0 Å². The Bertz CT molecular complexity index is 881. The van der Waals surface area contributed by atoms with E-state index in [0.29, 0.717) is 30.8 Å². The zero-order chi connectivity index (χ0) is 20.8. The van der Waals surface area contributed by atoms with E-state index in [2.05, 4.69) is 34.6 Å². The average molecular weight is 396 g/mol. The lowest BCUT2D eigenvalue weighted by Gasteiger charge is -2.35. The molecule has 1 heterocycles. The van der Waals surface area contributed by atoms with E-state index in [4.69, 9.17) is 4.74 Å². The maximum absolute atomic E-state index is 13.1. The summed E-state index contributed by atoms with van der Waals surface area (Å²) in [7, 11) is 1.59. The summed E-state index contributed by atoms with van der Waals surface area (Å²) < 4.78 is 4.97. The number of methoxy groups -OCH3 is 1. The summed E-state index contributed by atoms with van der Waals surface area (Å²) in [5.41, 5.74) is 4.49. The van der Waals surface area contributed by atoms with Gasteiger partial charge >= 0.3 is 0 Å². The van der Waals surface area contributed by atoms with Gasteiger partial charge in [-0.3, -0.25) is 14.5 Å². The Kier molecular flexibility index (Phi) is 7.01. The van der Waals surface area contributed by atoms with Crippen molar-refractivity contribution in [2.75, 3.05) is 32.1 Å². The molecule has 6 heteroatoms. The molecule has 2 aromatic rings. The largest absolute Gasteiger partial charge is 0.383 e. The van der Waals surface area contributed by atoms with E-state index < -0.39 is 0 Å². The fourth-order valence-electron chi connectivity index (χ4n) is 3.76. The number of anilines is 1. The Hall–Kier alpha value is -2.70. The van der Waals surface area contributed by atoms with E-state index in [1.807, 2.05) is 25.1 Å². The van der Waals surface area contributed by atoms with Crippen LogP contribution in [0.3, 0.4) is 0 Å². The lowest BCUT2D eigenvalue weighted by Crippen LogP contribution is -2.47. The second-order valence-electron chi connectivity index (χ2n) is 7.27. The summed E-state index contributed by atoms with van der Waals surface area (Å²) in [4.78, 5) is 27.7. The monoisotopic (exact) mass is 395 g/mol. The summed E-state index contributed by atoms with van der Waals surface area (Å²) >= 11 is 0. The van der Waals surface area contributed by atoms with E-state index in [9.17, 15) is 9.59 Å². The van der Waals surface area contributed by atoms with Crippen LogP contribution in [0, 0.1) is 6.92 Å². The molecule has 1 unspecified atom stereocenters. The van der Waals surface area contributed by atoms with Crippen LogP contribution in [0.15, 0.2) is 42.5 Å². The first-order valence-corrected chi connectivity index (χ1v) is 10.0. The highest BCUT2D eigenvalue weighted by Crippen LogP contribution is 2.25. The van der Waals surface area contributed by atoms with E-state index in [1.165, 1.54) is 11.1 Å². The summed E-state index contributed by atoms with van der Waals surface area (Å²) in [5, 5.41) is 5.88. The van der Waals surface area contributed by atoms with Crippen LogP contribution in [0.25, 0.3) is 0 Å². The van der Waals surface area contributed by atoms with Gasteiger partial charge in [0.25, 0.3) is 5.91 Å². The number of hydrogen-bond donors (Lipinski definition) is 2. The highest BCUT2D eigenvalue weighted by atomic mass is 16.5. The van der Waals surface area contributed by atoms with Crippen molar-refractivity contribution < 1.29 is 14.3 Å². The molecule has 154 valence electrons. The summed E-state index contributed by atoms with van der Waals surface area (Å²) in [6.45, 7) is 6.40. The first kappa shape index (κ1) is 21.0. The molecule has 29 heavy (non-hydrogen) atoms. The molecule has 1 aliphatic heterocycles. The van der Waals surface area contributed by atoms with Crippen molar-refractivity contribution in [3.8, 4) is 0 Å². The number of rotatable bonds is 7. The van der Waals surface area contributed by atoms with Gasteiger partial charge in [0, 0.05) is 31.5 Å². The summed E-state index contributed by atoms with van der Waals surface area (Å²) in [6.07, 6.45) is 0.687. The molecule has 0 saturated carbocycles. The zero-order valence-electron chi connectivity index (χ0n) is 17.3. The van der Waals surface area contributed by atoms with Gasteiger partial charge in [-0.15, -0.1) is 0 Å². The lowest BCUT2D eigenvalue weighted by atomic mass is 9.93. The predicted octanol–water partition coefficient (Wildman–Crippen LogP) is 2.76. The van der Waals surface area contributed by atoms with Crippen LogP contribution >= 0.6 is 0 Å². The van der Waals surface area contributed by atoms with Gasteiger partial charge in [0.15, 0.2) is 0 Å². The molecule has 0 spiro atoms. The zero-order valence-corrected chi connectivity index (χ0v) is 17.3. The van der Waals surface area contributed by atoms with Crippen molar-refractivity contribution >= 4 is 17.5 Å². The van der Waals surface area contributed by atoms with Crippen molar-refractivity contribution in [3.63, 3.8) is 0 Å². The number of nitrogens with zero attached hydrogens (tertiary/aromatic N) is 1. The molecule has 6 nitrogen and oxygen atoms in total.